The summed E-state index contributed by atoms with van der Waals surface area (Å²) in [4.78, 5) is 17.2. The van der Waals surface area contributed by atoms with Crippen molar-refractivity contribution < 1.29 is 4.79 Å². The summed E-state index contributed by atoms with van der Waals surface area (Å²) in [5.41, 5.74) is 7.04. The van der Waals surface area contributed by atoms with Gasteiger partial charge in [-0.25, -0.2) is 4.98 Å². The Morgan fingerprint density at radius 1 is 0.970 bits per heavy atom. The Morgan fingerprint density at radius 2 is 1.55 bits per heavy atom. The van der Waals surface area contributed by atoms with Crippen LogP contribution in [-0.4, -0.2) is 27.8 Å². The van der Waals surface area contributed by atoms with Crippen LogP contribution in [0.1, 0.15) is 51.7 Å². The van der Waals surface area contributed by atoms with Crippen LogP contribution in [0.4, 0.5) is 0 Å². The molecule has 3 aromatic rings. The predicted molar refractivity (Wildman–Crippen MR) is 141 cm³/mol. The molecule has 0 aliphatic rings. The Morgan fingerprint density at radius 3 is 2.09 bits per heavy atom. The Hall–Kier alpha value is -2.53. The number of carbonyl (C=O) groups is 1. The van der Waals surface area contributed by atoms with Crippen LogP contribution in [0.25, 0.3) is 22.5 Å². The van der Waals surface area contributed by atoms with Crippen LogP contribution >= 0.6 is 11.8 Å². The molecule has 4 nitrogen and oxygen atoms in total. The predicted octanol–water partition coefficient (Wildman–Crippen LogP) is 6.89. The molecular weight excluding hydrogens is 426 g/mol. The number of hydrogen-bond donors (Lipinski definition) is 1. The molecule has 0 spiro atoms. The molecule has 1 amide bonds. The van der Waals surface area contributed by atoms with Gasteiger partial charge >= 0.3 is 0 Å². The summed E-state index contributed by atoms with van der Waals surface area (Å²) in [6.07, 6.45) is 1.47. The van der Waals surface area contributed by atoms with Gasteiger partial charge in [-0.2, -0.15) is 0 Å². The number of aryl methyl sites for hydroxylation is 2. The monoisotopic (exact) mass is 463 g/mol. The molecule has 0 radical (unpaired) electrons. The first-order chi connectivity index (χ1) is 15.7. The zero-order valence-corrected chi connectivity index (χ0v) is 21.7. The molecule has 1 aromatic heterocycles. The van der Waals surface area contributed by atoms with Gasteiger partial charge in [-0.1, -0.05) is 92.2 Å². The molecule has 0 bridgehead atoms. The maximum absolute atomic E-state index is 12.1. The molecule has 33 heavy (non-hydrogen) atoms. The van der Waals surface area contributed by atoms with E-state index in [0.29, 0.717) is 13.0 Å². The summed E-state index contributed by atoms with van der Waals surface area (Å²) in [5.74, 6) is 1.04. The van der Waals surface area contributed by atoms with E-state index in [4.69, 9.17) is 4.98 Å². The van der Waals surface area contributed by atoms with E-state index in [2.05, 4.69) is 100.0 Å². The number of nitrogens with one attached hydrogen (secondary N) is 1. The van der Waals surface area contributed by atoms with E-state index >= 15 is 0 Å². The zero-order valence-electron chi connectivity index (χ0n) is 20.9. The summed E-state index contributed by atoms with van der Waals surface area (Å²) in [5, 5.41) is 4.09. The lowest BCUT2D eigenvalue weighted by molar-refractivity contribution is -0.122. The second-order valence-electron chi connectivity index (χ2n) is 9.86. The number of benzene rings is 2. The number of carbonyl (C=O) groups excluding carboxylic acids is 1. The fourth-order valence-corrected chi connectivity index (χ4v) is 4.76. The zero-order chi connectivity index (χ0) is 24.0. The number of hydrogen-bond acceptors (Lipinski definition) is 3. The Balaban J connectivity index is 1.79. The van der Waals surface area contributed by atoms with Crippen molar-refractivity contribution in [2.45, 2.75) is 66.1 Å². The lowest BCUT2D eigenvalue weighted by atomic mass is 9.92. The highest BCUT2D eigenvalue weighted by atomic mass is 32.2. The fraction of sp³-hybridized carbons (Fsp3) is 0.429. The van der Waals surface area contributed by atoms with Gasteiger partial charge in [0.05, 0.1) is 11.4 Å². The quantitative estimate of drug-likeness (QED) is 0.278. The summed E-state index contributed by atoms with van der Waals surface area (Å²) in [6, 6.07) is 17.3. The lowest BCUT2D eigenvalue weighted by Gasteiger charge is -2.17. The normalized spacial score (nSPS) is 11.6. The van der Waals surface area contributed by atoms with Crippen LogP contribution in [-0.2, 0) is 11.3 Å². The van der Waals surface area contributed by atoms with Gasteiger partial charge in [0.15, 0.2) is 5.16 Å². The van der Waals surface area contributed by atoms with Crippen molar-refractivity contribution in [3.8, 4) is 22.5 Å². The van der Waals surface area contributed by atoms with Gasteiger partial charge in [0.25, 0.3) is 0 Å². The van der Waals surface area contributed by atoms with Gasteiger partial charge in [-0.15, -0.1) is 0 Å². The van der Waals surface area contributed by atoms with Gasteiger partial charge in [0.2, 0.25) is 5.91 Å². The molecule has 0 unspecified atom stereocenters. The average Bonchev–Trinajstić information content (AvgIpc) is 3.11. The smallest absolute Gasteiger partial charge is 0.220 e. The summed E-state index contributed by atoms with van der Waals surface area (Å²) in [7, 11) is 0. The van der Waals surface area contributed by atoms with Crippen molar-refractivity contribution >= 4 is 17.7 Å². The van der Waals surface area contributed by atoms with Gasteiger partial charge in [0.1, 0.15) is 0 Å². The van der Waals surface area contributed by atoms with Crippen LogP contribution in [0.5, 0.6) is 0 Å². The first kappa shape index (κ1) is 25.1. The minimum absolute atomic E-state index is 0.0173. The van der Waals surface area contributed by atoms with E-state index in [0.717, 1.165) is 35.1 Å². The molecule has 5 heteroatoms. The van der Waals surface area contributed by atoms with Crippen molar-refractivity contribution in [1.29, 1.82) is 0 Å². The van der Waals surface area contributed by atoms with Crippen molar-refractivity contribution in [3.05, 3.63) is 59.7 Å². The van der Waals surface area contributed by atoms with Crippen molar-refractivity contribution in [1.82, 2.24) is 14.9 Å². The van der Waals surface area contributed by atoms with Crippen LogP contribution in [0, 0.1) is 19.3 Å². The Kier molecular flexibility index (Phi) is 8.41. The highest BCUT2D eigenvalue weighted by Crippen LogP contribution is 2.36. The van der Waals surface area contributed by atoms with E-state index in [9.17, 15) is 4.79 Å². The Labute approximate surface area is 203 Å². The van der Waals surface area contributed by atoms with E-state index in [1.54, 1.807) is 11.8 Å². The molecule has 1 N–H and O–H groups in total. The summed E-state index contributed by atoms with van der Waals surface area (Å²) in [6.45, 7) is 14.2. The molecule has 1 heterocycles. The largest absolute Gasteiger partial charge is 0.356 e. The SMILES string of the molecule is CCn1c(SCCCNC(=O)CC(C)(C)C)nc(-c2ccc(C)cc2)c1-c1ccc(C)cc1. The van der Waals surface area contributed by atoms with Gasteiger partial charge in [-0.05, 0) is 32.6 Å². The standard InChI is InChI=1S/C28H37N3OS/c1-7-31-26(23-15-11-21(3)12-16-23)25(22-13-9-20(2)10-14-22)30-27(31)33-18-8-17-29-24(32)19-28(4,5)6/h9-16H,7-8,17-19H2,1-6H3,(H,29,32). The van der Waals surface area contributed by atoms with E-state index in [-0.39, 0.29) is 11.3 Å². The molecule has 0 atom stereocenters. The third kappa shape index (κ3) is 6.97. The average molecular weight is 464 g/mol. The molecule has 176 valence electrons. The number of imidazole rings is 1. The molecule has 0 aliphatic heterocycles. The maximum Gasteiger partial charge on any atom is 0.220 e. The van der Waals surface area contributed by atoms with Crippen LogP contribution < -0.4 is 5.32 Å². The molecule has 0 fully saturated rings. The minimum Gasteiger partial charge on any atom is -0.356 e. The van der Waals surface area contributed by atoms with Crippen molar-refractivity contribution in [2.24, 2.45) is 5.41 Å². The van der Waals surface area contributed by atoms with Gasteiger partial charge < -0.3 is 9.88 Å². The Bertz CT molecular complexity index is 1060. The third-order valence-electron chi connectivity index (χ3n) is 5.46. The molecule has 2 aromatic carbocycles. The summed E-state index contributed by atoms with van der Waals surface area (Å²) < 4.78 is 2.32. The number of amides is 1. The first-order valence-electron chi connectivity index (χ1n) is 11.8. The molecular formula is C28H37N3OS. The molecule has 0 saturated heterocycles. The molecule has 0 aliphatic carbocycles. The maximum atomic E-state index is 12.1. The highest BCUT2D eigenvalue weighted by Gasteiger charge is 2.20. The van der Waals surface area contributed by atoms with Gasteiger partial charge in [-0.3, -0.25) is 4.79 Å². The van der Waals surface area contributed by atoms with Crippen LogP contribution in [0.15, 0.2) is 53.7 Å². The summed E-state index contributed by atoms with van der Waals surface area (Å²) >= 11 is 1.77. The topological polar surface area (TPSA) is 46.9 Å². The molecule has 0 saturated carbocycles. The fourth-order valence-electron chi connectivity index (χ4n) is 3.76. The minimum atomic E-state index is 0.0173. The lowest BCUT2D eigenvalue weighted by Crippen LogP contribution is -2.28. The second-order valence-corrected chi connectivity index (χ2v) is 10.9. The van der Waals surface area contributed by atoms with E-state index in [1.165, 1.54) is 22.4 Å². The second kappa shape index (κ2) is 11.1. The third-order valence-corrected chi connectivity index (χ3v) is 6.53. The van der Waals surface area contributed by atoms with Gasteiger partial charge in [0, 0.05) is 36.4 Å². The van der Waals surface area contributed by atoms with E-state index < -0.39 is 0 Å². The van der Waals surface area contributed by atoms with Crippen LogP contribution in [0.2, 0.25) is 0 Å². The number of aromatic nitrogens is 2. The number of rotatable bonds is 9. The molecule has 3 rings (SSSR count). The number of thioether (sulfide) groups is 1. The van der Waals surface area contributed by atoms with Crippen molar-refractivity contribution in [3.63, 3.8) is 0 Å². The van der Waals surface area contributed by atoms with E-state index in [1.807, 2.05) is 0 Å². The first-order valence-corrected chi connectivity index (χ1v) is 12.8. The number of nitrogens with zero attached hydrogens (tertiary/aromatic N) is 2. The van der Waals surface area contributed by atoms with Crippen molar-refractivity contribution in [2.75, 3.05) is 12.3 Å². The van der Waals surface area contributed by atoms with Crippen LogP contribution in [0.3, 0.4) is 0 Å². The highest BCUT2D eigenvalue weighted by molar-refractivity contribution is 7.99.